The van der Waals surface area contributed by atoms with Gasteiger partial charge in [0.1, 0.15) is 0 Å². The Morgan fingerprint density at radius 1 is 0.933 bits per heavy atom. The fourth-order valence-electron chi connectivity index (χ4n) is 2.64. The van der Waals surface area contributed by atoms with Gasteiger partial charge in [-0.25, -0.2) is 9.78 Å². The van der Waals surface area contributed by atoms with Crippen molar-refractivity contribution in [2.45, 2.75) is 0 Å². The lowest BCUT2D eigenvalue weighted by Crippen LogP contribution is -2.33. The van der Waals surface area contributed by atoms with Crippen molar-refractivity contribution in [3.63, 3.8) is 0 Å². The fraction of sp³-hybridized carbons (Fsp3) is 0.105. The van der Waals surface area contributed by atoms with Gasteiger partial charge in [0.15, 0.2) is 0 Å². The Bertz CT molecular complexity index is 1100. The summed E-state index contributed by atoms with van der Waals surface area (Å²) in [6.45, 7) is 0.753. The normalized spacial score (nSPS) is 10.4. The topological polar surface area (TPSA) is 135 Å². The van der Waals surface area contributed by atoms with Crippen LogP contribution in [0.25, 0.3) is 16.9 Å². The molecule has 0 fully saturated rings. The molecule has 0 spiro atoms. The van der Waals surface area contributed by atoms with E-state index < -0.39 is 6.03 Å². The van der Waals surface area contributed by atoms with Crippen LogP contribution in [0.15, 0.2) is 66.9 Å². The van der Waals surface area contributed by atoms with E-state index in [9.17, 15) is 4.79 Å². The van der Waals surface area contributed by atoms with Crippen LogP contribution < -0.4 is 16.0 Å². The summed E-state index contributed by atoms with van der Waals surface area (Å²) in [5.74, 6) is 0.598. The second-order valence-electron chi connectivity index (χ2n) is 6.09. The Hall–Kier alpha value is -4.41. The van der Waals surface area contributed by atoms with Crippen molar-refractivity contribution in [3.8, 4) is 16.9 Å². The molecule has 0 saturated carbocycles. The third-order valence-electron chi connectivity index (χ3n) is 4.02. The van der Waals surface area contributed by atoms with Crippen LogP contribution in [0, 0.1) is 0 Å². The number of tetrazole rings is 1. The van der Waals surface area contributed by atoms with Crippen molar-refractivity contribution in [2.24, 2.45) is 0 Å². The van der Waals surface area contributed by atoms with Gasteiger partial charge in [-0.1, -0.05) is 53.6 Å². The number of carbonyl (C=O) groups is 1. The molecule has 4 rings (SSSR count). The summed E-state index contributed by atoms with van der Waals surface area (Å²) in [5, 5.41) is 27.7. The van der Waals surface area contributed by atoms with E-state index in [1.807, 2.05) is 60.7 Å². The number of hydrogen-bond acceptors (Lipinski definition) is 8. The van der Waals surface area contributed by atoms with Gasteiger partial charge in [0.2, 0.25) is 5.95 Å². The highest BCUT2D eigenvalue weighted by Gasteiger charge is 2.09. The van der Waals surface area contributed by atoms with E-state index in [0.717, 1.165) is 11.3 Å². The second kappa shape index (κ2) is 9.19. The van der Waals surface area contributed by atoms with Gasteiger partial charge < -0.3 is 10.6 Å². The standard InChI is InChI=1S/C19H18N10O/c30-19(24-17-23-16(13-22-25-17)14-7-3-1-4-8-14)21-12-11-20-18-26-27-28-29(18)15-9-5-2-6-10-15/h1-10,13H,11-12H2,(H,20,26,28)(H2,21,23,24,25,30). The molecule has 150 valence electrons. The average molecular weight is 402 g/mol. The van der Waals surface area contributed by atoms with Gasteiger partial charge in [0.25, 0.3) is 5.95 Å². The van der Waals surface area contributed by atoms with Gasteiger partial charge in [0, 0.05) is 18.7 Å². The Kier molecular flexibility index (Phi) is 5.80. The molecule has 11 nitrogen and oxygen atoms in total. The highest BCUT2D eigenvalue weighted by atomic mass is 16.2. The largest absolute Gasteiger partial charge is 0.351 e. The molecular formula is C19H18N10O. The van der Waals surface area contributed by atoms with E-state index >= 15 is 0 Å². The summed E-state index contributed by atoms with van der Waals surface area (Å²) >= 11 is 0. The van der Waals surface area contributed by atoms with Gasteiger partial charge in [-0.3, -0.25) is 5.32 Å². The first-order valence-electron chi connectivity index (χ1n) is 9.17. The molecule has 4 aromatic rings. The molecular weight excluding hydrogens is 384 g/mol. The van der Waals surface area contributed by atoms with Crippen LogP contribution >= 0.6 is 0 Å². The molecule has 0 aliphatic rings. The number of benzene rings is 2. The third kappa shape index (κ3) is 4.70. The lowest BCUT2D eigenvalue weighted by molar-refractivity contribution is 0.252. The van der Waals surface area contributed by atoms with E-state index in [4.69, 9.17) is 0 Å². The number of carbonyl (C=O) groups excluding carboxylic acids is 1. The van der Waals surface area contributed by atoms with E-state index in [1.165, 1.54) is 0 Å². The van der Waals surface area contributed by atoms with Crippen LogP contribution in [0.5, 0.6) is 0 Å². The quantitative estimate of drug-likeness (QED) is 0.398. The molecule has 2 amide bonds. The van der Waals surface area contributed by atoms with Gasteiger partial charge in [-0.15, -0.1) is 5.10 Å². The molecule has 3 N–H and O–H groups in total. The minimum Gasteiger partial charge on any atom is -0.351 e. The van der Waals surface area contributed by atoms with E-state index in [1.54, 1.807) is 10.9 Å². The first kappa shape index (κ1) is 18.9. The Morgan fingerprint density at radius 2 is 1.70 bits per heavy atom. The monoisotopic (exact) mass is 402 g/mol. The van der Waals surface area contributed by atoms with Gasteiger partial charge in [-0.2, -0.15) is 9.78 Å². The summed E-state index contributed by atoms with van der Waals surface area (Å²) in [6.07, 6.45) is 1.54. The molecule has 2 aromatic carbocycles. The average Bonchev–Trinajstić information content (AvgIpc) is 3.27. The number of hydrogen-bond donors (Lipinski definition) is 3. The van der Waals surface area contributed by atoms with Gasteiger partial charge in [0.05, 0.1) is 17.6 Å². The first-order chi connectivity index (χ1) is 14.8. The maximum absolute atomic E-state index is 12.1. The zero-order valence-electron chi connectivity index (χ0n) is 15.8. The Balaban J connectivity index is 1.27. The predicted molar refractivity (Wildman–Crippen MR) is 110 cm³/mol. The van der Waals surface area contributed by atoms with Crippen LogP contribution in [-0.2, 0) is 0 Å². The van der Waals surface area contributed by atoms with Crippen molar-refractivity contribution in [1.82, 2.24) is 40.7 Å². The first-order valence-corrected chi connectivity index (χ1v) is 9.17. The fourth-order valence-corrected chi connectivity index (χ4v) is 2.64. The van der Waals surface area contributed by atoms with Crippen molar-refractivity contribution in [2.75, 3.05) is 23.7 Å². The number of anilines is 2. The number of rotatable bonds is 7. The number of nitrogens with one attached hydrogen (secondary N) is 3. The molecule has 0 radical (unpaired) electrons. The Labute approximate surface area is 171 Å². The summed E-state index contributed by atoms with van der Waals surface area (Å²) in [4.78, 5) is 16.4. The van der Waals surface area contributed by atoms with Crippen molar-refractivity contribution in [1.29, 1.82) is 0 Å². The van der Waals surface area contributed by atoms with Crippen LogP contribution in [0.1, 0.15) is 0 Å². The van der Waals surface area contributed by atoms with Crippen LogP contribution in [0.4, 0.5) is 16.7 Å². The van der Waals surface area contributed by atoms with E-state index in [-0.39, 0.29) is 5.95 Å². The van der Waals surface area contributed by atoms with Crippen molar-refractivity contribution >= 4 is 17.9 Å². The molecule has 0 saturated heterocycles. The summed E-state index contributed by atoms with van der Waals surface area (Å²) in [6, 6.07) is 18.6. The number of para-hydroxylation sites is 1. The molecule has 2 heterocycles. The molecule has 0 atom stereocenters. The number of urea groups is 1. The molecule has 0 aliphatic carbocycles. The molecule has 0 aliphatic heterocycles. The minimum absolute atomic E-state index is 0.120. The summed E-state index contributed by atoms with van der Waals surface area (Å²) in [7, 11) is 0. The zero-order chi connectivity index (χ0) is 20.6. The minimum atomic E-state index is -0.438. The predicted octanol–water partition coefficient (Wildman–Crippen LogP) is 1.75. The van der Waals surface area contributed by atoms with Gasteiger partial charge >= 0.3 is 6.03 Å². The maximum Gasteiger partial charge on any atom is 0.321 e. The highest BCUT2D eigenvalue weighted by molar-refractivity contribution is 5.87. The SMILES string of the molecule is O=C(NCCNc1nnnn1-c1ccccc1)Nc1nncc(-c2ccccc2)n1. The Morgan fingerprint density at radius 3 is 2.50 bits per heavy atom. The molecule has 30 heavy (non-hydrogen) atoms. The smallest absolute Gasteiger partial charge is 0.321 e. The molecule has 0 unspecified atom stereocenters. The lowest BCUT2D eigenvalue weighted by Gasteiger charge is -2.09. The summed E-state index contributed by atoms with van der Waals surface area (Å²) in [5.41, 5.74) is 2.34. The number of aromatic nitrogens is 7. The number of nitrogens with zero attached hydrogens (tertiary/aromatic N) is 7. The van der Waals surface area contributed by atoms with Crippen LogP contribution in [-0.4, -0.2) is 54.5 Å². The number of amides is 2. The van der Waals surface area contributed by atoms with E-state index in [2.05, 4.69) is 46.7 Å². The molecule has 0 bridgehead atoms. The van der Waals surface area contributed by atoms with Crippen LogP contribution in [0.2, 0.25) is 0 Å². The van der Waals surface area contributed by atoms with E-state index in [0.29, 0.717) is 24.7 Å². The lowest BCUT2D eigenvalue weighted by atomic mass is 10.2. The highest BCUT2D eigenvalue weighted by Crippen LogP contribution is 2.15. The third-order valence-corrected chi connectivity index (χ3v) is 4.02. The van der Waals surface area contributed by atoms with Crippen LogP contribution in [0.3, 0.4) is 0 Å². The maximum atomic E-state index is 12.1. The molecule has 11 heteroatoms. The zero-order valence-corrected chi connectivity index (χ0v) is 15.8. The molecule has 2 aromatic heterocycles. The second-order valence-corrected chi connectivity index (χ2v) is 6.09. The van der Waals surface area contributed by atoms with Gasteiger partial charge in [-0.05, 0) is 22.6 Å². The van der Waals surface area contributed by atoms with Crippen molar-refractivity contribution in [3.05, 3.63) is 66.9 Å². The summed E-state index contributed by atoms with van der Waals surface area (Å²) < 4.78 is 1.58. The van der Waals surface area contributed by atoms with Crippen molar-refractivity contribution < 1.29 is 4.79 Å².